The van der Waals surface area contributed by atoms with Crippen LogP contribution in [0, 0.1) is 6.92 Å². The third-order valence-corrected chi connectivity index (χ3v) is 2.43. The van der Waals surface area contributed by atoms with Gasteiger partial charge in [-0.05, 0) is 24.6 Å². The highest BCUT2D eigenvalue weighted by molar-refractivity contribution is 6.29. The van der Waals surface area contributed by atoms with E-state index in [0.717, 1.165) is 5.56 Å². The molecular weight excluding hydrogens is 279 g/mol. The first-order chi connectivity index (χ1) is 8.84. The van der Waals surface area contributed by atoms with Crippen molar-refractivity contribution in [2.24, 2.45) is 0 Å². The number of hydrogen-bond donors (Lipinski definition) is 1. The average molecular weight is 288 g/mol. The number of rotatable bonds is 2. The monoisotopic (exact) mass is 287 g/mol. The second-order valence-electron chi connectivity index (χ2n) is 3.89. The van der Waals surface area contributed by atoms with Crippen LogP contribution in [0.3, 0.4) is 0 Å². The second kappa shape index (κ2) is 5.05. The molecule has 0 fully saturated rings. The Hall–Kier alpha value is -1.82. The standard InChI is InChI=1S/C12H9ClF3N3/c1-7-3-2-4-8(5-7)17-10-6-9(13)18-11(19-10)12(14,15)16/h2-6H,1H3,(H,17,18,19). The maximum atomic E-state index is 12.5. The fraction of sp³-hybridized carbons (Fsp3) is 0.167. The van der Waals surface area contributed by atoms with Crippen molar-refractivity contribution in [3.8, 4) is 0 Å². The molecule has 1 aromatic carbocycles. The number of nitrogens with one attached hydrogen (secondary N) is 1. The Morgan fingerprint density at radius 2 is 1.89 bits per heavy atom. The third-order valence-electron chi connectivity index (χ3n) is 2.24. The lowest BCUT2D eigenvalue weighted by Gasteiger charge is -2.10. The van der Waals surface area contributed by atoms with Crippen LogP contribution in [0.5, 0.6) is 0 Å². The maximum absolute atomic E-state index is 12.5. The quantitative estimate of drug-likeness (QED) is 0.841. The van der Waals surface area contributed by atoms with E-state index in [1.165, 1.54) is 6.07 Å². The van der Waals surface area contributed by atoms with E-state index < -0.39 is 12.0 Å². The molecule has 19 heavy (non-hydrogen) atoms. The van der Waals surface area contributed by atoms with Crippen LogP contribution in [-0.4, -0.2) is 9.97 Å². The maximum Gasteiger partial charge on any atom is 0.451 e. The zero-order valence-corrected chi connectivity index (χ0v) is 10.5. The molecule has 7 heteroatoms. The van der Waals surface area contributed by atoms with Gasteiger partial charge in [-0.1, -0.05) is 23.7 Å². The van der Waals surface area contributed by atoms with Gasteiger partial charge < -0.3 is 5.32 Å². The Balaban J connectivity index is 2.33. The SMILES string of the molecule is Cc1cccc(Nc2cc(Cl)nc(C(F)(F)F)n2)c1. The van der Waals surface area contributed by atoms with Gasteiger partial charge in [-0.3, -0.25) is 0 Å². The van der Waals surface area contributed by atoms with E-state index in [1.54, 1.807) is 18.2 Å². The lowest BCUT2D eigenvalue weighted by Crippen LogP contribution is -2.12. The molecule has 0 amide bonds. The van der Waals surface area contributed by atoms with Crippen LogP contribution in [0.4, 0.5) is 24.7 Å². The lowest BCUT2D eigenvalue weighted by molar-refractivity contribution is -0.144. The lowest BCUT2D eigenvalue weighted by atomic mass is 10.2. The molecule has 0 bridgehead atoms. The van der Waals surface area contributed by atoms with Crippen LogP contribution in [0.1, 0.15) is 11.4 Å². The van der Waals surface area contributed by atoms with E-state index in [4.69, 9.17) is 11.6 Å². The van der Waals surface area contributed by atoms with Gasteiger partial charge in [0.25, 0.3) is 0 Å². The van der Waals surface area contributed by atoms with Crippen LogP contribution in [-0.2, 0) is 6.18 Å². The first-order valence-electron chi connectivity index (χ1n) is 5.30. The van der Waals surface area contributed by atoms with Crippen molar-refractivity contribution in [1.29, 1.82) is 0 Å². The van der Waals surface area contributed by atoms with Gasteiger partial charge in [-0.15, -0.1) is 0 Å². The Labute approximate surface area is 112 Å². The summed E-state index contributed by atoms with van der Waals surface area (Å²) in [5.41, 5.74) is 1.60. The van der Waals surface area contributed by atoms with Gasteiger partial charge in [-0.25, -0.2) is 9.97 Å². The molecule has 0 saturated heterocycles. The van der Waals surface area contributed by atoms with Crippen molar-refractivity contribution >= 4 is 23.1 Å². The molecule has 0 aliphatic carbocycles. The molecule has 0 aliphatic heterocycles. The van der Waals surface area contributed by atoms with Gasteiger partial charge in [0.05, 0.1) is 0 Å². The molecule has 3 nitrogen and oxygen atoms in total. The predicted octanol–water partition coefficient (Wildman–Crippen LogP) is 4.20. The number of aromatic nitrogens is 2. The Kier molecular flexibility index (Phi) is 3.61. The zero-order chi connectivity index (χ0) is 14.0. The molecule has 1 N–H and O–H groups in total. The minimum Gasteiger partial charge on any atom is -0.340 e. The smallest absolute Gasteiger partial charge is 0.340 e. The summed E-state index contributed by atoms with van der Waals surface area (Å²) in [7, 11) is 0. The molecule has 0 atom stereocenters. The molecule has 0 saturated carbocycles. The van der Waals surface area contributed by atoms with Crippen LogP contribution >= 0.6 is 11.6 Å². The molecule has 2 aromatic rings. The highest BCUT2D eigenvalue weighted by Gasteiger charge is 2.35. The normalized spacial score (nSPS) is 11.4. The molecule has 0 aliphatic rings. The topological polar surface area (TPSA) is 37.8 Å². The van der Waals surface area contributed by atoms with E-state index >= 15 is 0 Å². The van der Waals surface area contributed by atoms with Gasteiger partial charge in [0, 0.05) is 11.8 Å². The molecule has 0 radical (unpaired) electrons. The van der Waals surface area contributed by atoms with Crippen molar-refractivity contribution in [1.82, 2.24) is 9.97 Å². The summed E-state index contributed by atoms with van der Waals surface area (Å²) < 4.78 is 37.6. The summed E-state index contributed by atoms with van der Waals surface area (Å²) in [5.74, 6) is -1.27. The van der Waals surface area contributed by atoms with Gasteiger partial charge in [0.15, 0.2) is 0 Å². The molecular formula is C12H9ClF3N3. The molecule has 1 aromatic heterocycles. The first-order valence-corrected chi connectivity index (χ1v) is 5.68. The van der Waals surface area contributed by atoms with Crippen LogP contribution in [0.15, 0.2) is 30.3 Å². The summed E-state index contributed by atoms with van der Waals surface area (Å²) >= 11 is 5.56. The Morgan fingerprint density at radius 3 is 2.53 bits per heavy atom. The largest absolute Gasteiger partial charge is 0.451 e. The predicted molar refractivity (Wildman–Crippen MR) is 66.5 cm³/mol. The summed E-state index contributed by atoms with van der Waals surface area (Å²) in [6, 6.07) is 8.39. The van der Waals surface area contributed by atoms with Gasteiger partial charge >= 0.3 is 6.18 Å². The van der Waals surface area contributed by atoms with E-state index in [-0.39, 0.29) is 11.0 Å². The Morgan fingerprint density at radius 1 is 1.16 bits per heavy atom. The molecule has 1 heterocycles. The van der Waals surface area contributed by atoms with Crippen LogP contribution in [0.25, 0.3) is 0 Å². The van der Waals surface area contributed by atoms with Gasteiger partial charge in [0.2, 0.25) is 5.82 Å². The minimum absolute atomic E-state index is 0.00192. The summed E-state index contributed by atoms with van der Waals surface area (Å²) in [5, 5.41) is 2.50. The molecule has 100 valence electrons. The van der Waals surface area contributed by atoms with Gasteiger partial charge in [-0.2, -0.15) is 13.2 Å². The first kappa shape index (κ1) is 13.6. The van der Waals surface area contributed by atoms with E-state index in [1.807, 2.05) is 13.0 Å². The van der Waals surface area contributed by atoms with Crippen molar-refractivity contribution < 1.29 is 13.2 Å². The number of alkyl halides is 3. The highest BCUT2D eigenvalue weighted by atomic mass is 35.5. The average Bonchev–Trinajstić information content (AvgIpc) is 2.26. The number of nitrogens with zero attached hydrogens (tertiary/aromatic N) is 2. The second-order valence-corrected chi connectivity index (χ2v) is 4.28. The van der Waals surface area contributed by atoms with Crippen molar-refractivity contribution in [2.75, 3.05) is 5.32 Å². The third kappa shape index (κ3) is 3.57. The number of benzene rings is 1. The minimum atomic E-state index is -4.63. The number of aryl methyl sites for hydroxylation is 1. The zero-order valence-electron chi connectivity index (χ0n) is 9.79. The fourth-order valence-electron chi connectivity index (χ4n) is 1.48. The summed E-state index contributed by atoms with van der Waals surface area (Å²) in [4.78, 5) is 6.55. The van der Waals surface area contributed by atoms with E-state index in [2.05, 4.69) is 15.3 Å². The Bertz CT molecular complexity index is 599. The van der Waals surface area contributed by atoms with E-state index in [9.17, 15) is 13.2 Å². The van der Waals surface area contributed by atoms with Crippen LogP contribution in [0.2, 0.25) is 5.15 Å². The highest BCUT2D eigenvalue weighted by Crippen LogP contribution is 2.29. The van der Waals surface area contributed by atoms with E-state index in [0.29, 0.717) is 5.69 Å². The van der Waals surface area contributed by atoms with Crippen molar-refractivity contribution in [3.63, 3.8) is 0 Å². The summed E-state index contributed by atoms with van der Waals surface area (Å²) in [6.07, 6.45) is -4.63. The fourth-order valence-corrected chi connectivity index (χ4v) is 1.66. The van der Waals surface area contributed by atoms with Crippen molar-refractivity contribution in [2.45, 2.75) is 13.1 Å². The molecule has 0 spiro atoms. The van der Waals surface area contributed by atoms with Crippen LogP contribution < -0.4 is 5.32 Å². The van der Waals surface area contributed by atoms with Crippen molar-refractivity contribution in [3.05, 3.63) is 46.9 Å². The number of halogens is 4. The van der Waals surface area contributed by atoms with Gasteiger partial charge in [0.1, 0.15) is 11.0 Å². The summed E-state index contributed by atoms with van der Waals surface area (Å²) in [6.45, 7) is 1.87. The number of anilines is 2. The molecule has 2 rings (SSSR count). The molecule has 0 unspecified atom stereocenters. The number of hydrogen-bond acceptors (Lipinski definition) is 3.